The van der Waals surface area contributed by atoms with Gasteiger partial charge in [-0.3, -0.25) is 8.80 Å². The molecule has 0 aromatic heterocycles. The van der Waals surface area contributed by atoms with Crippen molar-refractivity contribution in [2.45, 2.75) is 6.55 Å². The molecule has 1 rings (SSSR count). The van der Waals surface area contributed by atoms with Gasteiger partial charge in [-0.2, -0.15) is 11.7 Å². The monoisotopic (exact) mass is 147 g/mol. The first-order valence-electron chi connectivity index (χ1n) is 3.36. The van der Waals surface area contributed by atoms with Crippen molar-refractivity contribution in [2.24, 2.45) is 0 Å². The second-order valence-corrected chi connectivity index (χ2v) is 4.60. The van der Waals surface area contributed by atoms with Crippen LogP contribution >= 0.6 is 0 Å². The van der Waals surface area contributed by atoms with Crippen molar-refractivity contribution in [1.82, 2.24) is 0 Å². The molecule has 0 saturated carbocycles. The van der Waals surface area contributed by atoms with Crippen molar-refractivity contribution >= 4 is 14.0 Å². The van der Waals surface area contributed by atoms with E-state index in [1.807, 2.05) is 6.07 Å². The van der Waals surface area contributed by atoms with E-state index < -0.39 is 8.80 Å². The van der Waals surface area contributed by atoms with E-state index >= 15 is 0 Å². The zero-order chi connectivity index (χ0) is 7.40. The van der Waals surface area contributed by atoms with Crippen molar-refractivity contribution in [1.29, 1.82) is 0 Å². The quantitative estimate of drug-likeness (QED) is 0.559. The predicted molar refractivity (Wildman–Crippen MR) is 47.9 cm³/mol. The van der Waals surface area contributed by atoms with Gasteiger partial charge in [0.15, 0.2) is 0 Å². The van der Waals surface area contributed by atoms with Gasteiger partial charge in [-0.15, -0.1) is 6.58 Å². The largest absolute Gasteiger partial charge is 0.265 e. The van der Waals surface area contributed by atoms with Crippen molar-refractivity contribution in [3.05, 3.63) is 42.6 Å². The van der Waals surface area contributed by atoms with Gasteiger partial charge in [0.2, 0.25) is 0 Å². The van der Waals surface area contributed by atoms with Gasteiger partial charge in [0.25, 0.3) is 0 Å². The van der Waals surface area contributed by atoms with Crippen LogP contribution in [0, 0.1) is 0 Å². The molecule has 0 fully saturated rings. The molecular formula is C9H11Si-. The third-order valence-corrected chi connectivity index (χ3v) is 3.39. The van der Waals surface area contributed by atoms with Crippen LogP contribution in [0.15, 0.2) is 42.6 Å². The minimum absolute atomic E-state index is 0.443. The molecule has 0 nitrogen and oxygen atoms in total. The molecule has 0 N–H and O–H groups in total. The average Bonchev–Trinajstić information content (AvgIpc) is 2.05. The van der Waals surface area contributed by atoms with Crippen molar-refractivity contribution < 1.29 is 0 Å². The van der Waals surface area contributed by atoms with Gasteiger partial charge in [0.05, 0.1) is 0 Å². The highest BCUT2D eigenvalue weighted by Gasteiger charge is 1.81. The van der Waals surface area contributed by atoms with E-state index in [-0.39, 0.29) is 0 Å². The number of hydrogen-bond donors (Lipinski definition) is 0. The molecule has 0 bridgehead atoms. The molecule has 0 saturated heterocycles. The van der Waals surface area contributed by atoms with Gasteiger partial charge >= 0.3 is 0 Å². The summed E-state index contributed by atoms with van der Waals surface area (Å²) in [5.74, 6) is 0. The summed E-state index contributed by atoms with van der Waals surface area (Å²) >= 11 is 0. The molecule has 1 heteroatoms. The first kappa shape index (κ1) is 7.29. The van der Waals surface area contributed by atoms with E-state index in [0.29, 0.717) is 0 Å². The average molecular weight is 147 g/mol. The van der Waals surface area contributed by atoms with E-state index in [2.05, 4.69) is 43.1 Å². The Bertz CT molecular complexity index is 203. The first-order chi connectivity index (χ1) is 4.84. The Kier molecular flexibility index (Phi) is 2.46. The maximum absolute atomic E-state index is 3.78. The lowest BCUT2D eigenvalue weighted by Crippen LogP contribution is -2.23. The molecule has 0 spiro atoms. The predicted octanol–water partition coefficient (Wildman–Crippen LogP) is 1.74. The molecule has 0 radical (unpaired) electrons. The molecule has 0 aliphatic carbocycles. The Morgan fingerprint density at radius 2 is 1.90 bits per heavy atom. The Labute approximate surface area is 63.8 Å². The zero-order valence-electron chi connectivity index (χ0n) is 6.17. The smallest absolute Gasteiger partial charge is 0.0625 e. The molecule has 0 atom stereocenters. The second-order valence-electron chi connectivity index (χ2n) is 2.25. The highest BCUT2D eigenvalue weighted by atomic mass is 28.3. The van der Waals surface area contributed by atoms with Gasteiger partial charge in [-0.05, 0) is 0 Å². The summed E-state index contributed by atoms with van der Waals surface area (Å²) in [6, 6.07) is 10.5. The van der Waals surface area contributed by atoms with Crippen LogP contribution in [0.4, 0.5) is 0 Å². The van der Waals surface area contributed by atoms with Crippen molar-refractivity contribution in [3.8, 4) is 0 Å². The Balaban J connectivity index is 2.84. The highest BCUT2D eigenvalue weighted by Crippen LogP contribution is 1.87. The standard InChI is InChI=1S/C9H11Si/c1-3-10(2)9-7-5-4-6-8-9/h3-8H,1H2,2H3/q-1. The zero-order valence-corrected chi connectivity index (χ0v) is 7.17. The first-order valence-corrected chi connectivity index (χ1v) is 5.43. The van der Waals surface area contributed by atoms with Crippen LogP contribution in [0.2, 0.25) is 6.55 Å². The number of hydrogen-bond acceptors (Lipinski definition) is 0. The maximum Gasteiger partial charge on any atom is -0.0625 e. The lowest BCUT2D eigenvalue weighted by Gasteiger charge is -2.19. The molecule has 52 valence electrons. The summed E-state index contributed by atoms with van der Waals surface area (Å²) in [6.07, 6.45) is 0. The van der Waals surface area contributed by atoms with Crippen LogP contribution in [0.3, 0.4) is 0 Å². The molecule has 10 heavy (non-hydrogen) atoms. The summed E-state index contributed by atoms with van der Waals surface area (Å²) in [7, 11) is -0.443. The Morgan fingerprint density at radius 3 is 2.40 bits per heavy atom. The lowest BCUT2D eigenvalue weighted by atomic mass is 10.4. The Hall–Kier alpha value is -0.823. The van der Waals surface area contributed by atoms with Gasteiger partial charge in [0.1, 0.15) is 0 Å². The fourth-order valence-electron chi connectivity index (χ4n) is 0.819. The molecule has 1 aromatic carbocycles. The third-order valence-electron chi connectivity index (χ3n) is 1.54. The summed E-state index contributed by atoms with van der Waals surface area (Å²) in [5, 5.41) is 1.43. The van der Waals surface area contributed by atoms with Crippen LogP contribution in [0.1, 0.15) is 0 Å². The van der Waals surface area contributed by atoms with E-state index in [4.69, 9.17) is 0 Å². The minimum atomic E-state index is -0.443. The van der Waals surface area contributed by atoms with E-state index in [1.54, 1.807) is 0 Å². The van der Waals surface area contributed by atoms with Gasteiger partial charge in [0, 0.05) is 0 Å². The summed E-state index contributed by atoms with van der Waals surface area (Å²) < 4.78 is 0. The summed E-state index contributed by atoms with van der Waals surface area (Å²) in [6.45, 7) is 6.03. The molecule has 0 aliphatic heterocycles. The topological polar surface area (TPSA) is 0 Å². The molecule has 0 heterocycles. The fraction of sp³-hybridized carbons (Fsp3) is 0.111. The molecule has 0 aliphatic rings. The second kappa shape index (κ2) is 3.37. The van der Waals surface area contributed by atoms with Crippen molar-refractivity contribution in [2.75, 3.05) is 0 Å². The van der Waals surface area contributed by atoms with Crippen LogP contribution in [0.5, 0.6) is 0 Å². The lowest BCUT2D eigenvalue weighted by molar-refractivity contribution is 1.75. The fourth-order valence-corrected chi connectivity index (χ4v) is 1.77. The van der Waals surface area contributed by atoms with Crippen LogP contribution < -0.4 is 5.19 Å². The van der Waals surface area contributed by atoms with Crippen molar-refractivity contribution in [3.63, 3.8) is 0 Å². The van der Waals surface area contributed by atoms with Crippen LogP contribution in [0.25, 0.3) is 0 Å². The number of benzene rings is 1. The van der Waals surface area contributed by atoms with Gasteiger partial charge in [-0.25, -0.2) is 5.70 Å². The molecule has 0 amide bonds. The minimum Gasteiger partial charge on any atom is -0.265 e. The van der Waals surface area contributed by atoms with Crippen LogP contribution in [-0.4, -0.2) is 8.80 Å². The summed E-state index contributed by atoms with van der Waals surface area (Å²) in [4.78, 5) is 0. The Morgan fingerprint density at radius 1 is 1.30 bits per heavy atom. The van der Waals surface area contributed by atoms with Gasteiger partial charge < -0.3 is 0 Å². The SMILES string of the molecule is C=C[Si-](C)c1ccccc1. The van der Waals surface area contributed by atoms with E-state index in [1.165, 1.54) is 5.19 Å². The van der Waals surface area contributed by atoms with E-state index in [9.17, 15) is 0 Å². The summed E-state index contributed by atoms with van der Waals surface area (Å²) in [5.41, 5.74) is 2.06. The highest BCUT2D eigenvalue weighted by molar-refractivity contribution is 6.76. The maximum atomic E-state index is 3.78. The molecule has 0 unspecified atom stereocenters. The van der Waals surface area contributed by atoms with Gasteiger partial charge in [-0.1, -0.05) is 30.3 Å². The van der Waals surface area contributed by atoms with Crippen LogP contribution in [-0.2, 0) is 0 Å². The number of rotatable bonds is 2. The molecular weight excluding hydrogens is 136 g/mol. The normalized spacial score (nSPS) is 8.90. The molecule has 1 aromatic rings. The third kappa shape index (κ3) is 1.58. The van der Waals surface area contributed by atoms with E-state index in [0.717, 1.165) is 0 Å².